The highest BCUT2D eigenvalue weighted by Gasteiger charge is 2.29. The van der Waals surface area contributed by atoms with Crippen LogP contribution in [-0.2, 0) is 14.6 Å². The van der Waals surface area contributed by atoms with Crippen LogP contribution in [-0.4, -0.2) is 26.4 Å². The molecule has 0 aromatic heterocycles. The number of sulfone groups is 1. The summed E-state index contributed by atoms with van der Waals surface area (Å²) in [5.41, 5.74) is 5.89. The van der Waals surface area contributed by atoms with Gasteiger partial charge in [-0.1, -0.05) is 11.6 Å². The molecular formula is C12H16ClNO3S. The Labute approximate surface area is 112 Å². The maximum atomic E-state index is 12.2. The number of nitrogen functional groups attached to an aromatic ring is 1. The van der Waals surface area contributed by atoms with Gasteiger partial charge in [0.25, 0.3) is 0 Å². The van der Waals surface area contributed by atoms with Crippen LogP contribution in [0.4, 0.5) is 5.69 Å². The summed E-state index contributed by atoms with van der Waals surface area (Å²) in [7, 11) is -3.42. The molecule has 0 spiro atoms. The number of nitrogens with two attached hydrogens (primary N) is 1. The Morgan fingerprint density at radius 3 is 2.72 bits per heavy atom. The van der Waals surface area contributed by atoms with Crippen molar-refractivity contribution >= 4 is 27.1 Å². The lowest BCUT2D eigenvalue weighted by Crippen LogP contribution is -2.22. The van der Waals surface area contributed by atoms with Gasteiger partial charge < -0.3 is 10.5 Å². The third-order valence-electron chi connectivity index (χ3n) is 3.03. The summed E-state index contributed by atoms with van der Waals surface area (Å²) >= 11 is 5.76. The number of hydrogen-bond acceptors (Lipinski definition) is 4. The SMILES string of the molecule is CC1CCC(CS(=O)(=O)c2ccc(Cl)cc2N)O1. The molecule has 1 saturated heterocycles. The van der Waals surface area contributed by atoms with Gasteiger partial charge in [-0.05, 0) is 38.0 Å². The average Bonchev–Trinajstić information content (AvgIpc) is 2.62. The fourth-order valence-corrected chi connectivity index (χ4v) is 3.93. The summed E-state index contributed by atoms with van der Waals surface area (Å²) in [5, 5.41) is 0.428. The molecule has 2 atom stereocenters. The van der Waals surface area contributed by atoms with Crippen molar-refractivity contribution < 1.29 is 13.2 Å². The molecule has 1 fully saturated rings. The summed E-state index contributed by atoms with van der Waals surface area (Å²) in [5.74, 6) is -0.0246. The van der Waals surface area contributed by atoms with Gasteiger partial charge in [-0.15, -0.1) is 0 Å². The number of benzene rings is 1. The molecule has 1 aromatic rings. The quantitative estimate of drug-likeness (QED) is 0.867. The number of anilines is 1. The molecule has 18 heavy (non-hydrogen) atoms. The van der Waals surface area contributed by atoms with Crippen LogP contribution in [0.25, 0.3) is 0 Å². The van der Waals surface area contributed by atoms with Crippen LogP contribution in [0.15, 0.2) is 23.1 Å². The fraction of sp³-hybridized carbons (Fsp3) is 0.500. The van der Waals surface area contributed by atoms with Crippen molar-refractivity contribution in [2.75, 3.05) is 11.5 Å². The van der Waals surface area contributed by atoms with E-state index in [4.69, 9.17) is 22.1 Å². The molecule has 2 rings (SSSR count). The van der Waals surface area contributed by atoms with Crippen molar-refractivity contribution in [1.29, 1.82) is 0 Å². The first-order valence-corrected chi connectivity index (χ1v) is 7.85. The van der Waals surface area contributed by atoms with Crippen LogP contribution in [0, 0.1) is 0 Å². The summed E-state index contributed by atoms with van der Waals surface area (Å²) in [4.78, 5) is 0.134. The molecule has 2 unspecified atom stereocenters. The normalized spacial score (nSPS) is 24.3. The van der Waals surface area contributed by atoms with Crippen LogP contribution in [0.1, 0.15) is 19.8 Å². The molecule has 0 aliphatic carbocycles. The van der Waals surface area contributed by atoms with Crippen LogP contribution >= 0.6 is 11.6 Å². The molecular weight excluding hydrogens is 274 g/mol. The third kappa shape index (κ3) is 2.96. The highest BCUT2D eigenvalue weighted by Crippen LogP contribution is 2.27. The standard InChI is InChI=1S/C12H16ClNO3S/c1-8-2-4-10(17-8)7-18(15,16)12-5-3-9(13)6-11(12)14/h3,5-6,8,10H,2,4,7,14H2,1H3. The van der Waals surface area contributed by atoms with Gasteiger partial charge in [0, 0.05) is 5.02 Å². The molecule has 0 radical (unpaired) electrons. The van der Waals surface area contributed by atoms with Gasteiger partial charge in [0.15, 0.2) is 9.84 Å². The van der Waals surface area contributed by atoms with Crippen LogP contribution < -0.4 is 5.73 Å². The van der Waals surface area contributed by atoms with E-state index < -0.39 is 9.84 Å². The van der Waals surface area contributed by atoms with Crippen molar-refractivity contribution in [1.82, 2.24) is 0 Å². The van der Waals surface area contributed by atoms with Gasteiger partial charge in [-0.25, -0.2) is 8.42 Å². The van der Waals surface area contributed by atoms with Gasteiger partial charge in [-0.3, -0.25) is 0 Å². The van der Waals surface area contributed by atoms with Gasteiger partial charge in [0.2, 0.25) is 0 Å². The van der Waals surface area contributed by atoms with E-state index in [0.29, 0.717) is 5.02 Å². The molecule has 1 aliphatic heterocycles. The zero-order valence-corrected chi connectivity index (χ0v) is 11.7. The Bertz CT molecular complexity index is 544. The smallest absolute Gasteiger partial charge is 0.182 e. The van der Waals surface area contributed by atoms with E-state index >= 15 is 0 Å². The highest BCUT2D eigenvalue weighted by molar-refractivity contribution is 7.91. The topological polar surface area (TPSA) is 69.4 Å². The summed E-state index contributed by atoms with van der Waals surface area (Å²) < 4.78 is 30.0. The Morgan fingerprint density at radius 1 is 1.44 bits per heavy atom. The molecule has 0 bridgehead atoms. The summed E-state index contributed by atoms with van der Waals surface area (Å²) in [6.45, 7) is 1.95. The van der Waals surface area contributed by atoms with Crippen molar-refractivity contribution in [3.8, 4) is 0 Å². The van der Waals surface area contributed by atoms with Crippen molar-refractivity contribution in [2.24, 2.45) is 0 Å². The number of halogens is 1. The molecule has 1 heterocycles. The van der Waals surface area contributed by atoms with E-state index in [1.165, 1.54) is 18.2 Å². The monoisotopic (exact) mass is 289 g/mol. The zero-order chi connectivity index (χ0) is 13.3. The van der Waals surface area contributed by atoms with E-state index in [0.717, 1.165) is 12.8 Å². The van der Waals surface area contributed by atoms with E-state index in [2.05, 4.69) is 0 Å². The molecule has 0 saturated carbocycles. The van der Waals surface area contributed by atoms with E-state index in [9.17, 15) is 8.42 Å². The van der Waals surface area contributed by atoms with E-state index in [-0.39, 0.29) is 28.5 Å². The minimum atomic E-state index is -3.42. The highest BCUT2D eigenvalue weighted by atomic mass is 35.5. The minimum Gasteiger partial charge on any atom is -0.398 e. The average molecular weight is 290 g/mol. The van der Waals surface area contributed by atoms with Crippen molar-refractivity contribution in [3.05, 3.63) is 23.2 Å². The summed E-state index contributed by atoms with van der Waals surface area (Å²) in [6, 6.07) is 4.43. The Kier molecular flexibility index (Phi) is 3.84. The molecule has 6 heteroatoms. The molecule has 4 nitrogen and oxygen atoms in total. The second-order valence-corrected chi connectivity index (χ2v) is 7.05. The van der Waals surface area contributed by atoms with E-state index in [1.807, 2.05) is 6.92 Å². The van der Waals surface area contributed by atoms with Gasteiger partial charge >= 0.3 is 0 Å². The largest absolute Gasteiger partial charge is 0.398 e. The lowest BCUT2D eigenvalue weighted by atomic mass is 10.2. The fourth-order valence-electron chi connectivity index (χ4n) is 2.14. The Morgan fingerprint density at radius 2 is 2.17 bits per heavy atom. The number of ether oxygens (including phenoxy) is 1. The Balaban J connectivity index is 2.20. The first kappa shape index (κ1) is 13.6. The molecule has 0 amide bonds. The zero-order valence-electron chi connectivity index (χ0n) is 10.1. The molecule has 1 aromatic carbocycles. The van der Waals surface area contributed by atoms with E-state index in [1.54, 1.807) is 0 Å². The van der Waals surface area contributed by atoms with Crippen molar-refractivity contribution in [2.45, 2.75) is 36.9 Å². The van der Waals surface area contributed by atoms with Gasteiger partial charge in [0.05, 0.1) is 28.5 Å². The van der Waals surface area contributed by atoms with Crippen LogP contribution in [0.5, 0.6) is 0 Å². The first-order valence-electron chi connectivity index (χ1n) is 5.82. The predicted octanol–water partition coefficient (Wildman–Crippen LogP) is 2.26. The van der Waals surface area contributed by atoms with Crippen LogP contribution in [0.3, 0.4) is 0 Å². The number of hydrogen-bond donors (Lipinski definition) is 1. The van der Waals surface area contributed by atoms with Crippen molar-refractivity contribution in [3.63, 3.8) is 0 Å². The molecule has 2 N–H and O–H groups in total. The minimum absolute atomic E-state index is 0.0246. The molecule has 100 valence electrons. The third-order valence-corrected chi connectivity index (χ3v) is 5.12. The lowest BCUT2D eigenvalue weighted by Gasteiger charge is -2.13. The second-order valence-electron chi connectivity index (χ2n) is 4.61. The van der Waals surface area contributed by atoms with Crippen LogP contribution in [0.2, 0.25) is 5.02 Å². The molecule has 1 aliphatic rings. The first-order chi connectivity index (χ1) is 8.38. The van der Waals surface area contributed by atoms with Gasteiger partial charge in [0.1, 0.15) is 0 Å². The maximum Gasteiger partial charge on any atom is 0.182 e. The maximum absolute atomic E-state index is 12.2. The predicted molar refractivity (Wildman–Crippen MR) is 71.5 cm³/mol. The number of rotatable bonds is 3. The lowest BCUT2D eigenvalue weighted by molar-refractivity contribution is 0.0690. The summed E-state index contributed by atoms with van der Waals surface area (Å²) in [6.07, 6.45) is 1.57. The Hall–Kier alpha value is -0.780. The second kappa shape index (κ2) is 5.07. The van der Waals surface area contributed by atoms with Gasteiger partial charge in [-0.2, -0.15) is 0 Å².